The van der Waals surface area contributed by atoms with Gasteiger partial charge >= 0.3 is 0 Å². The third-order valence-electron chi connectivity index (χ3n) is 3.89. The molecule has 3 heterocycles. The zero-order valence-corrected chi connectivity index (χ0v) is 12.2. The number of aromatic nitrogens is 1. The minimum Gasteiger partial charge on any atom is -0.339 e. The number of nitrogens with one attached hydrogen (secondary N) is 1. The Balaban J connectivity index is 1.87. The minimum absolute atomic E-state index is 0.0181. The molecule has 0 radical (unpaired) electrons. The number of hydrogen-bond donors (Lipinski definition) is 1. The Hall–Kier alpha value is -1.88. The highest BCUT2D eigenvalue weighted by atomic mass is 79.9. The molecule has 1 amide bonds. The number of halogens is 1. The van der Waals surface area contributed by atoms with Crippen molar-refractivity contribution in [3.63, 3.8) is 0 Å². The molecule has 0 saturated heterocycles. The van der Waals surface area contributed by atoms with Gasteiger partial charge in [0.1, 0.15) is 6.04 Å². The van der Waals surface area contributed by atoms with E-state index in [1.165, 1.54) is 5.56 Å². The molecule has 0 aliphatic carbocycles. The fourth-order valence-corrected chi connectivity index (χ4v) is 3.36. The van der Waals surface area contributed by atoms with Gasteiger partial charge in [0.05, 0.1) is 5.69 Å². The van der Waals surface area contributed by atoms with E-state index in [1.807, 2.05) is 24.3 Å². The van der Waals surface area contributed by atoms with E-state index in [1.54, 1.807) is 6.20 Å². The van der Waals surface area contributed by atoms with Gasteiger partial charge in [-0.1, -0.05) is 24.3 Å². The molecule has 0 fully saturated rings. The second-order valence-corrected chi connectivity index (χ2v) is 5.97. The molecule has 0 spiro atoms. The quantitative estimate of drug-likeness (QED) is 0.808. The molecule has 100 valence electrons. The number of carbonyl (C=O) groups excluding carboxylic acids is 1. The monoisotopic (exact) mass is 329 g/mol. The zero-order valence-electron chi connectivity index (χ0n) is 10.6. The molecule has 0 saturated carbocycles. The molecule has 1 aromatic heterocycles. The standard InChI is InChI=1S/C15H12BrN3O/c16-10-7-12-14(17-8-10)19-6-5-9-3-1-2-4-11(9)13(19)15(20)18-12/h1-4,7-8,13H,5-6H2,(H,18,20). The van der Waals surface area contributed by atoms with Crippen molar-refractivity contribution < 1.29 is 4.79 Å². The first-order valence-electron chi connectivity index (χ1n) is 6.55. The van der Waals surface area contributed by atoms with E-state index in [4.69, 9.17) is 0 Å². The second-order valence-electron chi connectivity index (χ2n) is 5.06. The number of hydrogen-bond acceptors (Lipinski definition) is 3. The van der Waals surface area contributed by atoms with Crippen LogP contribution in [-0.4, -0.2) is 17.4 Å². The summed E-state index contributed by atoms with van der Waals surface area (Å²) in [4.78, 5) is 19.0. The average Bonchev–Trinajstić information content (AvgIpc) is 2.46. The Labute approximate surface area is 124 Å². The number of benzene rings is 1. The van der Waals surface area contributed by atoms with Gasteiger partial charge in [0.2, 0.25) is 0 Å². The summed E-state index contributed by atoms with van der Waals surface area (Å²) in [6, 6.07) is 9.79. The van der Waals surface area contributed by atoms with E-state index in [0.29, 0.717) is 0 Å². The van der Waals surface area contributed by atoms with Gasteiger partial charge in [0.25, 0.3) is 5.91 Å². The van der Waals surface area contributed by atoms with Crippen molar-refractivity contribution in [1.29, 1.82) is 0 Å². The van der Waals surface area contributed by atoms with Gasteiger partial charge in [-0.05, 0) is 39.5 Å². The normalized spacial score (nSPS) is 19.8. The number of amides is 1. The maximum Gasteiger partial charge on any atom is 0.251 e. The summed E-state index contributed by atoms with van der Waals surface area (Å²) in [5, 5.41) is 2.97. The molecule has 4 nitrogen and oxygen atoms in total. The van der Waals surface area contributed by atoms with Gasteiger partial charge in [0.15, 0.2) is 5.82 Å². The topological polar surface area (TPSA) is 45.2 Å². The Kier molecular flexibility index (Phi) is 2.57. The average molecular weight is 330 g/mol. The van der Waals surface area contributed by atoms with E-state index >= 15 is 0 Å². The van der Waals surface area contributed by atoms with Crippen LogP contribution in [0.15, 0.2) is 41.0 Å². The number of nitrogens with zero attached hydrogens (tertiary/aromatic N) is 2. The maximum absolute atomic E-state index is 12.5. The van der Waals surface area contributed by atoms with Crippen molar-refractivity contribution in [2.24, 2.45) is 0 Å². The van der Waals surface area contributed by atoms with Crippen LogP contribution in [0.25, 0.3) is 0 Å². The predicted molar refractivity (Wildman–Crippen MR) is 80.8 cm³/mol. The first-order valence-corrected chi connectivity index (χ1v) is 7.34. The summed E-state index contributed by atoms with van der Waals surface area (Å²) in [6.45, 7) is 0.816. The largest absolute Gasteiger partial charge is 0.339 e. The number of anilines is 2. The van der Waals surface area contributed by atoms with E-state index < -0.39 is 0 Å². The number of carbonyl (C=O) groups is 1. The lowest BCUT2D eigenvalue weighted by Crippen LogP contribution is -2.46. The number of pyridine rings is 1. The van der Waals surface area contributed by atoms with Gasteiger partial charge in [-0.25, -0.2) is 4.98 Å². The van der Waals surface area contributed by atoms with Crippen molar-refractivity contribution in [2.75, 3.05) is 16.8 Å². The van der Waals surface area contributed by atoms with Gasteiger partial charge in [-0.3, -0.25) is 4.79 Å². The molecule has 1 unspecified atom stereocenters. The van der Waals surface area contributed by atoms with Gasteiger partial charge in [-0.2, -0.15) is 0 Å². The highest BCUT2D eigenvalue weighted by Gasteiger charge is 2.38. The second kappa shape index (κ2) is 4.31. The highest BCUT2D eigenvalue weighted by Crippen LogP contribution is 2.41. The smallest absolute Gasteiger partial charge is 0.251 e. The molecule has 20 heavy (non-hydrogen) atoms. The van der Waals surface area contributed by atoms with Crippen molar-refractivity contribution in [3.05, 3.63) is 52.1 Å². The summed E-state index contributed by atoms with van der Waals surface area (Å²) in [5.74, 6) is 0.872. The van der Waals surface area contributed by atoms with Crippen LogP contribution in [0, 0.1) is 0 Å². The Morgan fingerprint density at radius 1 is 1.35 bits per heavy atom. The molecule has 4 rings (SSSR count). The Morgan fingerprint density at radius 2 is 2.20 bits per heavy atom. The third-order valence-corrected chi connectivity index (χ3v) is 4.33. The lowest BCUT2D eigenvalue weighted by molar-refractivity contribution is -0.118. The first-order chi connectivity index (χ1) is 9.74. The van der Waals surface area contributed by atoms with E-state index in [2.05, 4.69) is 37.2 Å². The maximum atomic E-state index is 12.5. The first kappa shape index (κ1) is 11.9. The van der Waals surface area contributed by atoms with Gasteiger partial charge in [-0.15, -0.1) is 0 Å². The van der Waals surface area contributed by atoms with Crippen molar-refractivity contribution in [2.45, 2.75) is 12.5 Å². The molecular formula is C15H12BrN3O. The molecule has 1 N–H and O–H groups in total. The summed E-state index contributed by atoms with van der Waals surface area (Å²) in [7, 11) is 0. The molecule has 1 aromatic carbocycles. The van der Waals surface area contributed by atoms with Crippen LogP contribution in [0.1, 0.15) is 17.2 Å². The van der Waals surface area contributed by atoms with Crippen molar-refractivity contribution in [3.8, 4) is 0 Å². The van der Waals surface area contributed by atoms with E-state index in [0.717, 1.165) is 34.5 Å². The number of rotatable bonds is 0. The van der Waals surface area contributed by atoms with Crippen molar-refractivity contribution in [1.82, 2.24) is 4.98 Å². The summed E-state index contributed by atoms with van der Waals surface area (Å²) in [6.07, 6.45) is 2.71. The van der Waals surface area contributed by atoms with Crippen molar-refractivity contribution >= 4 is 33.3 Å². The predicted octanol–water partition coefficient (Wildman–Crippen LogP) is 2.90. The number of fused-ring (bicyclic) bond motifs is 5. The van der Waals surface area contributed by atoms with Crippen LogP contribution in [0.2, 0.25) is 0 Å². The third kappa shape index (κ3) is 1.66. The van der Waals surface area contributed by atoms with Gasteiger partial charge in [0, 0.05) is 17.2 Å². The molecule has 5 heteroatoms. The van der Waals surface area contributed by atoms with Crippen LogP contribution in [-0.2, 0) is 11.2 Å². The van der Waals surface area contributed by atoms with Crippen LogP contribution in [0.4, 0.5) is 11.5 Å². The van der Waals surface area contributed by atoms with Crippen LogP contribution >= 0.6 is 15.9 Å². The van der Waals surface area contributed by atoms with Crippen LogP contribution in [0.5, 0.6) is 0 Å². The zero-order chi connectivity index (χ0) is 13.7. The molecule has 2 aromatic rings. The Bertz CT molecular complexity index is 716. The Morgan fingerprint density at radius 3 is 3.10 bits per heavy atom. The molecule has 2 aliphatic rings. The van der Waals surface area contributed by atoms with Crippen LogP contribution in [0.3, 0.4) is 0 Å². The van der Waals surface area contributed by atoms with Gasteiger partial charge < -0.3 is 10.2 Å². The highest BCUT2D eigenvalue weighted by molar-refractivity contribution is 9.10. The lowest BCUT2D eigenvalue weighted by atomic mass is 9.91. The molecular weight excluding hydrogens is 318 g/mol. The summed E-state index contributed by atoms with van der Waals surface area (Å²) >= 11 is 3.39. The summed E-state index contributed by atoms with van der Waals surface area (Å²) in [5.41, 5.74) is 3.12. The SMILES string of the molecule is O=C1Nc2cc(Br)cnc2N2CCc3ccccc3C12. The van der Waals surface area contributed by atoms with Crippen LogP contribution < -0.4 is 10.2 Å². The van der Waals surface area contributed by atoms with E-state index in [9.17, 15) is 4.79 Å². The lowest BCUT2D eigenvalue weighted by Gasteiger charge is -2.41. The fraction of sp³-hybridized carbons (Fsp3) is 0.200. The minimum atomic E-state index is -0.263. The molecule has 1 atom stereocenters. The molecule has 0 bridgehead atoms. The van der Waals surface area contributed by atoms with E-state index in [-0.39, 0.29) is 11.9 Å². The summed E-state index contributed by atoms with van der Waals surface area (Å²) < 4.78 is 0.868. The fourth-order valence-electron chi connectivity index (χ4n) is 3.03. The molecule has 2 aliphatic heterocycles.